The van der Waals surface area contributed by atoms with Gasteiger partial charge in [0.05, 0.1) is 13.2 Å². The van der Waals surface area contributed by atoms with Gasteiger partial charge in [-0.1, -0.05) is 0 Å². The number of nitrogens with zero attached hydrogens (tertiary/aromatic N) is 3. The first-order valence-electron chi connectivity index (χ1n) is 4.59. The van der Waals surface area contributed by atoms with Crippen molar-refractivity contribution < 1.29 is 9.37 Å². The molecule has 0 aliphatic carbocycles. The van der Waals surface area contributed by atoms with E-state index >= 15 is 0 Å². The Balaban J connectivity index is 2.13. The Morgan fingerprint density at radius 3 is 3.14 bits per heavy atom. The van der Waals surface area contributed by atoms with Crippen LogP contribution in [0.15, 0.2) is 4.63 Å². The summed E-state index contributed by atoms with van der Waals surface area (Å²) in [5, 5.41) is 10.9. The molecular weight excluding hydrogens is 184 g/mol. The van der Waals surface area contributed by atoms with Crippen LogP contribution in [0.3, 0.4) is 0 Å². The van der Waals surface area contributed by atoms with Crippen LogP contribution >= 0.6 is 0 Å². The lowest BCUT2D eigenvalue weighted by atomic mass is 10.1. The summed E-state index contributed by atoms with van der Waals surface area (Å²) in [6, 6.07) is 0.148. The topological polar surface area (TPSA) is 63.4 Å². The van der Waals surface area contributed by atoms with Crippen LogP contribution in [0.4, 0.5) is 0 Å². The van der Waals surface area contributed by atoms with Gasteiger partial charge >= 0.3 is 0 Å². The first-order valence-corrected chi connectivity index (χ1v) is 4.59. The zero-order chi connectivity index (χ0) is 9.97. The van der Waals surface area contributed by atoms with E-state index < -0.39 is 0 Å². The fraction of sp³-hybridized carbons (Fsp3) is 0.750. The number of ether oxygens (including phenoxy) is 1. The van der Waals surface area contributed by atoms with Crippen LogP contribution < -0.4 is 10.1 Å². The van der Waals surface area contributed by atoms with Gasteiger partial charge in [-0.05, 0) is 17.4 Å². The normalized spacial score (nSPS) is 23.7. The highest BCUT2D eigenvalue weighted by atomic mass is 16.6. The smallest absolute Gasteiger partial charge is 0.280 e. The van der Waals surface area contributed by atoms with Crippen molar-refractivity contribution in [2.24, 2.45) is 0 Å². The number of aromatic nitrogens is 2. The van der Waals surface area contributed by atoms with E-state index in [1.54, 1.807) is 7.11 Å². The zero-order valence-corrected chi connectivity index (χ0v) is 8.36. The predicted octanol–water partition coefficient (Wildman–Crippen LogP) is -0.346. The van der Waals surface area contributed by atoms with Crippen LogP contribution in [0.25, 0.3) is 0 Å². The lowest BCUT2D eigenvalue weighted by molar-refractivity contribution is 0.229. The van der Waals surface area contributed by atoms with Gasteiger partial charge in [0.1, 0.15) is 0 Å². The molecule has 1 unspecified atom stereocenters. The molecule has 1 N–H and O–H groups in total. The average Bonchev–Trinajstić information content (AvgIpc) is 2.65. The van der Waals surface area contributed by atoms with Crippen LogP contribution in [0, 0.1) is 0 Å². The fourth-order valence-corrected chi connectivity index (χ4v) is 1.62. The van der Waals surface area contributed by atoms with E-state index in [0.717, 1.165) is 25.3 Å². The Morgan fingerprint density at radius 1 is 1.57 bits per heavy atom. The van der Waals surface area contributed by atoms with E-state index in [1.165, 1.54) is 0 Å². The number of piperazine rings is 1. The minimum absolute atomic E-state index is 0.148. The Labute approximate surface area is 82.2 Å². The number of nitrogens with one attached hydrogen (secondary N) is 1. The maximum absolute atomic E-state index is 5.05. The van der Waals surface area contributed by atoms with Crippen LogP contribution in [0.5, 0.6) is 5.88 Å². The van der Waals surface area contributed by atoms with E-state index in [2.05, 4.69) is 32.2 Å². The highest BCUT2D eigenvalue weighted by Gasteiger charge is 2.25. The Bertz CT molecular complexity index is 301. The van der Waals surface area contributed by atoms with Crippen molar-refractivity contribution in [3.05, 3.63) is 5.69 Å². The van der Waals surface area contributed by atoms with Crippen molar-refractivity contribution >= 4 is 0 Å². The molecule has 0 amide bonds. The molecule has 1 aromatic heterocycles. The quantitative estimate of drug-likeness (QED) is 0.701. The number of rotatable bonds is 2. The summed E-state index contributed by atoms with van der Waals surface area (Å²) in [4.78, 5) is 2.23. The zero-order valence-electron chi connectivity index (χ0n) is 8.36. The summed E-state index contributed by atoms with van der Waals surface area (Å²) in [5.74, 6) is 0.470. The van der Waals surface area contributed by atoms with Gasteiger partial charge in [0.25, 0.3) is 5.88 Å². The van der Waals surface area contributed by atoms with Crippen molar-refractivity contribution in [3.8, 4) is 5.88 Å². The number of hydrogen-bond acceptors (Lipinski definition) is 6. The summed E-state index contributed by atoms with van der Waals surface area (Å²) in [6.07, 6.45) is 0. The minimum atomic E-state index is 0.148. The first kappa shape index (κ1) is 9.42. The van der Waals surface area contributed by atoms with Crippen LogP contribution in [0.2, 0.25) is 0 Å². The second kappa shape index (κ2) is 3.93. The molecule has 0 saturated carbocycles. The molecule has 78 valence electrons. The monoisotopic (exact) mass is 198 g/mol. The SMILES string of the molecule is COc1nonc1C1CN(C)CCN1. The highest BCUT2D eigenvalue weighted by Crippen LogP contribution is 2.22. The second-order valence-electron chi connectivity index (χ2n) is 3.43. The molecule has 1 atom stereocenters. The number of likely N-dealkylation sites (N-methyl/N-ethyl adjacent to an activating group) is 1. The van der Waals surface area contributed by atoms with Gasteiger partial charge in [0, 0.05) is 19.6 Å². The van der Waals surface area contributed by atoms with Gasteiger partial charge in [-0.25, -0.2) is 4.63 Å². The maximum atomic E-state index is 5.05. The number of methoxy groups -OCH3 is 1. The molecule has 1 aliphatic rings. The van der Waals surface area contributed by atoms with E-state index in [1.807, 2.05) is 0 Å². The van der Waals surface area contributed by atoms with E-state index in [9.17, 15) is 0 Å². The van der Waals surface area contributed by atoms with Gasteiger partial charge in [-0.3, -0.25) is 0 Å². The lowest BCUT2D eigenvalue weighted by Gasteiger charge is -2.29. The molecule has 1 aromatic rings. The van der Waals surface area contributed by atoms with Crippen LogP contribution in [0.1, 0.15) is 11.7 Å². The molecule has 2 heterocycles. The highest BCUT2D eigenvalue weighted by molar-refractivity contribution is 5.19. The molecule has 2 rings (SSSR count). The molecule has 6 nitrogen and oxygen atoms in total. The van der Waals surface area contributed by atoms with E-state index in [0.29, 0.717) is 5.88 Å². The van der Waals surface area contributed by atoms with Crippen molar-refractivity contribution in [3.63, 3.8) is 0 Å². The molecule has 0 spiro atoms. The first-order chi connectivity index (χ1) is 6.81. The molecule has 6 heteroatoms. The summed E-state index contributed by atoms with van der Waals surface area (Å²) in [7, 11) is 3.64. The Hall–Kier alpha value is -1.14. The van der Waals surface area contributed by atoms with Gasteiger partial charge in [0.15, 0.2) is 5.69 Å². The van der Waals surface area contributed by atoms with Crippen molar-refractivity contribution in [1.29, 1.82) is 0 Å². The van der Waals surface area contributed by atoms with Crippen molar-refractivity contribution in [1.82, 2.24) is 20.5 Å². The summed E-state index contributed by atoms with van der Waals surface area (Å²) in [5.41, 5.74) is 0.749. The van der Waals surface area contributed by atoms with Gasteiger partial charge < -0.3 is 15.0 Å². The third-order valence-electron chi connectivity index (χ3n) is 2.38. The minimum Gasteiger partial charge on any atom is -0.477 e. The van der Waals surface area contributed by atoms with Gasteiger partial charge in [-0.15, -0.1) is 0 Å². The molecule has 1 saturated heterocycles. The standard InChI is InChI=1S/C8H14N4O2/c1-12-4-3-9-6(5-12)7-8(13-2)11-14-10-7/h6,9H,3-5H2,1-2H3. The van der Waals surface area contributed by atoms with Crippen molar-refractivity contribution in [2.45, 2.75) is 6.04 Å². The second-order valence-corrected chi connectivity index (χ2v) is 3.43. The largest absolute Gasteiger partial charge is 0.477 e. The van der Waals surface area contributed by atoms with Gasteiger partial charge in [-0.2, -0.15) is 0 Å². The van der Waals surface area contributed by atoms with Crippen LogP contribution in [-0.2, 0) is 0 Å². The summed E-state index contributed by atoms with van der Waals surface area (Å²) >= 11 is 0. The van der Waals surface area contributed by atoms with Gasteiger partial charge in [0.2, 0.25) is 0 Å². The van der Waals surface area contributed by atoms with E-state index in [-0.39, 0.29) is 6.04 Å². The summed E-state index contributed by atoms with van der Waals surface area (Å²) < 4.78 is 9.69. The third-order valence-corrected chi connectivity index (χ3v) is 2.38. The lowest BCUT2D eigenvalue weighted by Crippen LogP contribution is -2.43. The average molecular weight is 198 g/mol. The predicted molar refractivity (Wildman–Crippen MR) is 49.1 cm³/mol. The van der Waals surface area contributed by atoms with Crippen LogP contribution in [-0.4, -0.2) is 49.0 Å². The molecule has 0 bridgehead atoms. The Morgan fingerprint density at radius 2 is 2.43 bits per heavy atom. The maximum Gasteiger partial charge on any atom is 0.280 e. The summed E-state index contributed by atoms with van der Waals surface area (Å²) in [6.45, 7) is 2.88. The third kappa shape index (κ3) is 1.71. The molecule has 1 aliphatic heterocycles. The Kier molecular flexibility index (Phi) is 2.64. The van der Waals surface area contributed by atoms with Crippen molar-refractivity contribution in [2.75, 3.05) is 33.8 Å². The molecule has 1 fully saturated rings. The molecule has 0 radical (unpaired) electrons. The molecule has 0 aromatic carbocycles. The fourth-order valence-electron chi connectivity index (χ4n) is 1.62. The number of hydrogen-bond donors (Lipinski definition) is 1. The molecule has 14 heavy (non-hydrogen) atoms. The molecular formula is C8H14N4O2. The van der Waals surface area contributed by atoms with E-state index in [4.69, 9.17) is 4.74 Å².